The number of carbonyl (C=O) groups excluding carboxylic acids is 3. The summed E-state index contributed by atoms with van der Waals surface area (Å²) < 4.78 is 0. The van der Waals surface area contributed by atoms with Crippen LogP contribution in [0.2, 0.25) is 0 Å². The third-order valence-corrected chi connectivity index (χ3v) is 8.34. The van der Waals surface area contributed by atoms with Gasteiger partial charge in [-0.3, -0.25) is 14.4 Å². The van der Waals surface area contributed by atoms with Gasteiger partial charge in [0.2, 0.25) is 17.7 Å². The van der Waals surface area contributed by atoms with Crippen molar-refractivity contribution in [3.8, 4) is 11.5 Å². The van der Waals surface area contributed by atoms with Crippen LogP contribution in [0.25, 0.3) is 10.9 Å². The van der Waals surface area contributed by atoms with Gasteiger partial charge in [-0.15, -0.1) is 0 Å². The minimum Gasteiger partial charge on any atom is -0.508 e. The summed E-state index contributed by atoms with van der Waals surface area (Å²) in [5.74, 6) is -2.56. The van der Waals surface area contributed by atoms with Crippen LogP contribution in [0.5, 0.6) is 11.5 Å². The molecule has 12 nitrogen and oxygen atoms in total. The number of aromatic hydroxyl groups is 2. The van der Waals surface area contributed by atoms with Crippen molar-refractivity contribution in [2.24, 2.45) is 5.73 Å². The summed E-state index contributed by atoms with van der Waals surface area (Å²) in [5.41, 5.74) is 9.07. The van der Waals surface area contributed by atoms with E-state index in [9.17, 15) is 34.5 Å². The van der Waals surface area contributed by atoms with Crippen molar-refractivity contribution < 1.29 is 34.5 Å². The molecule has 3 amide bonds. The Balaban J connectivity index is 1.49. The normalized spacial score (nSPS) is 13.7. The third-order valence-electron chi connectivity index (χ3n) is 7.70. The summed E-state index contributed by atoms with van der Waals surface area (Å²) in [7, 11) is 0. The van der Waals surface area contributed by atoms with Crippen LogP contribution in [0, 0.1) is 0 Å². The summed E-state index contributed by atoms with van der Waals surface area (Å²) >= 11 is 1.46. The van der Waals surface area contributed by atoms with E-state index in [1.165, 1.54) is 36.0 Å². The molecule has 0 aliphatic rings. The number of benzene rings is 3. The molecule has 0 spiro atoms. The molecular weight excluding hydrogens is 622 g/mol. The molecule has 13 heteroatoms. The number of nitrogens with one attached hydrogen (secondary N) is 4. The Kier molecular flexibility index (Phi) is 12.3. The lowest BCUT2D eigenvalue weighted by Gasteiger charge is -2.25. The number of H-pyrrole nitrogens is 1. The number of phenolic OH excluding ortho intramolecular Hbond substituents is 2. The monoisotopic (exact) mass is 661 g/mol. The summed E-state index contributed by atoms with van der Waals surface area (Å²) in [5, 5.41) is 38.1. The minimum atomic E-state index is -1.26. The Morgan fingerprint density at radius 1 is 0.745 bits per heavy atom. The second kappa shape index (κ2) is 16.5. The van der Waals surface area contributed by atoms with Gasteiger partial charge in [-0.05, 0) is 71.9 Å². The number of aromatic nitrogens is 1. The van der Waals surface area contributed by atoms with Crippen molar-refractivity contribution in [3.63, 3.8) is 0 Å². The standard InChI is InChI=1S/C34H39N5O7S/c1-47-15-14-28(32(43)39-30(34(45)46)18-22-19-36-27-5-3-2-4-25(22)27)37-33(44)29(17-21-8-12-24(41)13-9-21)38-31(42)26(35)16-20-6-10-23(40)11-7-20/h2-13,19,26,28-30,36,40-41H,14-18,35H2,1H3,(H,37,44)(H,38,42)(H,39,43)(H,45,46). The molecule has 4 rings (SSSR count). The fraction of sp³-hybridized carbons (Fsp3) is 0.294. The van der Waals surface area contributed by atoms with Gasteiger partial charge in [0.15, 0.2) is 0 Å². The van der Waals surface area contributed by atoms with E-state index in [2.05, 4.69) is 20.9 Å². The van der Waals surface area contributed by atoms with Gasteiger partial charge in [-0.1, -0.05) is 42.5 Å². The van der Waals surface area contributed by atoms with E-state index >= 15 is 0 Å². The average molecular weight is 662 g/mol. The van der Waals surface area contributed by atoms with E-state index in [1.807, 2.05) is 30.5 Å². The first-order valence-corrected chi connectivity index (χ1v) is 16.4. The maximum absolute atomic E-state index is 13.7. The molecule has 0 aliphatic heterocycles. The van der Waals surface area contributed by atoms with Crippen LogP contribution >= 0.6 is 11.8 Å². The number of nitrogens with two attached hydrogens (primary N) is 1. The van der Waals surface area contributed by atoms with Crippen LogP contribution < -0.4 is 21.7 Å². The first kappa shape index (κ1) is 34.9. The predicted octanol–water partition coefficient (Wildman–Crippen LogP) is 2.23. The van der Waals surface area contributed by atoms with Gasteiger partial charge in [0, 0.05) is 29.9 Å². The lowest BCUT2D eigenvalue weighted by Crippen LogP contribution is -2.58. The van der Waals surface area contributed by atoms with Crippen molar-refractivity contribution in [3.05, 3.63) is 95.7 Å². The third kappa shape index (κ3) is 9.99. The fourth-order valence-electron chi connectivity index (χ4n) is 5.10. The number of carboxylic acids is 1. The molecule has 248 valence electrons. The Labute approximate surface area is 276 Å². The lowest BCUT2D eigenvalue weighted by molar-refractivity contribution is -0.142. The number of fused-ring (bicyclic) bond motifs is 1. The fourth-order valence-corrected chi connectivity index (χ4v) is 5.58. The molecule has 0 saturated carbocycles. The molecule has 0 bridgehead atoms. The average Bonchev–Trinajstić information content (AvgIpc) is 3.46. The van der Waals surface area contributed by atoms with Gasteiger partial charge in [-0.25, -0.2) is 4.79 Å². The van der Waals surface area contributed by atoms with Crippen LogP contribution in [0.15, 0.2) is 79.0 Å². The predicted molar refractivity (Wildman–Crippen MR) is 180 cm³/mol. The number of phenols is 2. The topological polar surface area (TPSA) is 207 Å². The Hall–Kier alpha value is -5.01. The number of para-hydroxylation sites is 1. The lowest BCUT2D eigenvalue weighted by atomic mass is 10.0. The molecule has 1 heterocycles. The highest BCUT2D eigenvalue weighted by atomic mass is 32.2. The number of amides is 3. The van der Waals surface area contributed by atoms with Gasteiger partial charge < -0.3 is 42.0 Å². The van der Waals surface area contributed by atoms with Crippen LogP contribution in [0.1, 0.15) is 23.1 Å². The van der Waals surface area contributed by atoms with E-state index in [1.54, 1.807) is 30.5 Å². The van der Waals surface area contributed by atoms with E-state index in [-0.39, 0.29) is 37.2 Å². The summed E-state index contributed by atoms with van der Waals surface area (Å²) in [6.07, 6.45) is 3.95. The van der Waals surface area contributed by atoms with E-state index < -0.39 is 47.9 Å². The Morgan fingerprint density at radius 2 is 1.30 bits per heavy atom. The largest absolute Gasteiger partial charge is 0.508 e. The second-order valence-corrected chi connectivity index (χ2v) is 12.2. The van der Waals surface area contributed by atoms with Gasteiger partial charge >= 0.3 is 5.97 Å². The highest BCUT2D eigenvalue weighted by molar-refractivity contribution is 7.98. The van der Waals surface area contributed by atoms with Crippen molar-refractivity contribution >= 4 is 46.4 Å². The van der Waals surface area contributed by atoms with Crippen molar-refractivity contribution in [2.75, 3.05) is 12.0 Å². The molecule has 3 aromatic carbocycles. The maximum atomic E-state index is 13.7. The number of thioether (sulfide) groups is 1. The van der Waals surface area contributed by atoms with Gasteiger partial charge in [-0.2, -0.15) is 11.8 Å². The van der Waals surface area contributed by atoms with Gasteiger partial charge in [0.05, 0.1) is 6.04 Å². The molecule has 0 fully saturated rings. The second-order valence-electron chi connectivity index (χ2n) is 11.2. The van der Waals surface area contributed by atoms with Crippen LogP contribution in [0.4, 0.5) is 0 Å². The maximum Gasteiger partial charge on any atom is 0.326 e. The molecule has 1 aromatic heterocycles. The number of carboxylic acid groups (broad SMARTS) is 1. The summed E-state index contributed by atoms with van der Waals surface area (Å²) in [4.78, 5) is 55.7. The number of aliphatic carboxylic acids is 1. The summed E-state index contributed by atoms with van der Waals surface area (Å²) in [6, 6.07) is 15.3. The quantitative estimate of drug-likeness (QED) is 0.0885. The highest BCUT2D eigenvalue weighted by Gasteiger charge is 2.31. The first-order chi connectivity index (χ1) is 22.5. The molecule has 9 N–H and O–H groups in total. The molecule has 0 saturated heterocycles. The minimum absolute atomic E-state index is 0.0206. The smallest absolute Gasteiger partial charge is 0.326 e. The Bertz CT molecular complexity index is 1680. The van der Waals surface area contributed by atoms with E-state index in [0.717, 1.165) is 16.5 Å². The molecule has 4 unspecified atom stereocenters. The van der Waals surface area contributed by atoms with Crippen molar-refractivity contribution in [1.82, 2.24) is 20.9 Å². The van der Waals surface area contributed by atoms with Gasteiger partial charge in [0.1, 0.15) is 29.6 Å². The number of rotatable bonds is 16. The van der Waals surface area contributed by atoms with Crippen LogP contribution in [-0.4, -0.2) is 80.2 Å². The van der Waals surface area contributed by atoms with E-state index in [0.29, 0.717) is 16.9 Å². The number of aromatic amines is 1. The number of carbonyl (C=O) groups is 4. The zero-order valence-corrected chi connectivity index (χ0v) is 26.6. The number of hydrogen-bond acceptors (Lipinski definition) is 8. The molecule has 4 aromatic rings. The molecule has 0 radical (unpaired) electrons. The molecule has 0 aliphatic carbocycles. The first-order valence-electron chi connectivity index (χ1n) is 15.0. The highest BCUT2D eigenvalue weighted by Crippen LogP contribution is 2.20. The van der Waals surface area contributed by atoms with Crippen molar-refractivity contribution in [2.45, 2.75) is 49.9 Å². The van der Waals surface area contributed by atoms with E-state index in [4.69, 9.17) is 5.73 Å². The van der Waals surface area contributed by atoms with Crippen LogP contribution in [0.3, 0.4) is 0 Å². The number of hydrogen-bond donors (Lipinski definition) is 8. The summed E-state index contributed by atoms with van der Waals surface area (Å²) in [6.45, 7) is 0. The molecular formula is C34H39N5O7S. The van der Waals surface area contributed by atoms with Crippen molar-refractivity contribution in [1.29, 1.82) is 0 Å². The zero-order valence-electron chi connectivity index (χ0n) is 25.8. The molecule has 47 heavy (non-hydrogen) atoms. The van der Waals surface area contributed by atoms with Gasteiger partial charge in [0.25, 0.3) is 0 Å². The Morgan fingerprint density at radius 3 is 1.91 bits per heavy atom. The van der Waals surface area contributed by atoms with Crippen LogP contribution in [-0.2, 0) is 38.4 Å². The zero-order chi connectivity index (χ0) is 33.9. The molecule has 4 atom stereocenters. The SMILES string of the molecule is CSCCC(NC(=O)C(Cc1ccc(O)cc1)NC(=O)C(N)Cc1ccc(O)cc1)C(=O)NC(Cc1c[nH]c2ccccc12)C(=O)O.